The molecule has 2 saturated carbocycles. The summed E-state index contributed by atoms with van der Waals surface area (Å²) in [6, 6.07) is 0. The van der Waals surface area contributed by atoms with Gasteiger partial charge < -0.3 is 0 Å². The predicted octanol–water partition coefficient (Wildman–Crippen LogP) is 7.16. The molecule has 2 fully saturated rings. The molecule has 0 bridgehead atoms. The Balaban J connectivity index is 1.68. The average Bonchev–Trinajstić information content (AvgIpc) is 2.50. The van der Waals surface area contributed by atoms with E-state index in [0.29, 0.717) is 25.2 Å². The van der Waals surface area contributed by atoms with Crippen LogP contribution >= 0.6 is 0 Å². The summed E-state index contributed by atoms with van der Waals surface area (Å²) in [5.41, 5.74) is -1.81. The van der Waals surface area contributed by atoms with Gasteiger partial charge in [-0.15, -0.1) is 0 Å². The summed E-state index contributed by atoms with van der Waals surface area (Å²) in [6.07, 6.45) is 12.9. The number of alkyl halides is 2. The lowest BCUT2D eigenvalue weighted by molar-refractivity contribution is 0.0449. The van der Waals surface area contributed by atoms with Crippen LogP contribution in [0.15, 0.2) is 0 Å². The van der Waals surface area contributed by atoms with Gasteiger partial charge in [0.1, 0.15) is 11.3 Å². The van der Waals surface area contributed by atoms with Crippen molar-refractivity contribution in [3.63, 3.8) is 0 Å². The summed E-state index contributed by atoms with van der Waals surface area (Å²) < 4.78 is 29.4. The number of hydrogen-bond acceptors (Lipinski definition) is 0. The van der Waals surface area contributed by atoms with Gasteiger partial charge >= 0.3 is 0 Å². The molecule has 0 saturated heterocycles. The lowest BCUT2D eigenvalue weighted by Crippen LogP contribution is -2.32. The third-order valence-electron chi connectivity index (χ3n) is 6.40. The largest absolute Gasteiger partial charge is 0.244 e. The highest BCUT2D eigenvalue weighted by Crippen LogP contribution is 2.44. The molecule has 0 aromatic rings. The van der Waals surface area contributed by atoms with Crippen molar-refractivity contribution in [3.8, 4) is 0 Å². The zero-order chi connectivity index (χ0) is 16.1. The number of hydrogen-bond donors (Lipinski definition) is 0. The van der Waals surface area contributed by atoms with Crippen LogP contribution in [-0.4, -0.2) is 11.3 Å². The van der Waals surface area contributed by atoms with Crippen LogP contribution in [0.4, 0.5) is 8.78 Å². The Bertz CT molecular complexity index is 310. The Kier molecular flexibility index (Phi) is 6.71. The van der Waals surface area contributed by atoms with Gasteiger partial charge in [0.2, 0.25) is 0 Å². The van der Waals surface area contributed by atoms with E-state index in [9.17, 15) is 8.78 Å². The van der Waals surface area contributed by atoms with E-state index in [0.717, 1.165) is 63.7 Å². The first-order chi connectivity index (χ1) is 10.5. The van der Waals surface area contributed by atoms with E-state index < -0.39 is 11.3 Å². The topological polar surface area (TPSA) is 0 Å². The van der Waals surface area contributed by atoms with Crippen LogP contribution in [0.2, 0.25) is 0 Å². The number of rotatable bonds is 7. The molecule has 0 heterocycles. The zero-order valence-corrected chi connectivity index (χ0v) is 14.8. The van der Waals surface area contributed by atoms with Crippen molar-refractivity contribution >= 4 is 0 Å². The Morgan fingerprint density at radius 1 is 0.682 bits per heavy atom. The van der Waals surface area contributed by atoms with Gasteiger partial charge in [0, 0.05) is 0 Å². The second-order valence-electron chi connectivity index (χ2n) is 8.27. The van der Waals surface area contributed by atoms with Crippen molar-refractivity contribution in [1.82, 2.24) is 0 Å². The first-order valence-electron chi connectivity index (χ1n) is 9.86. The Morgan fingerprint density at radius 3 is 1.59 bits per heavy atom. The maximum Gasteiger partial charge on any atom is 0.111 e. The van der Waals surface area contributed by atoms with E-state index >= 15 is 0 Å². The predicted molar refractivity (Wildman–Crippen MR) is 90.6 cm³/mol. The lowest BCUT2D eigenvalue weighted by Gasteiger charge is -2.37. The second-order valence-corrected chi connectivity index (χ2v) is 8.27. The highest BCUT2D eigenvalue weighted by atomic mass is 19.1. The van der Waals surface area contributed by atoms with Gasteiger partial charge in [0.25, 0.3) is 0 Å². The standard InChI is InChI=1S/C20H36F2/c1-3-5-17-6-14-20(22,15-7-17)16-10-18-8-12-19(21,11-4-2)13-9-18/h17-18H,3-16H2,1-2H3. The maximum atomic E-state index is 14.9. The van der Waals surface area contributed by atoms with E-state index in [1.54, 1.807) is 0 Å². The molecule has 0 amide bonds. The van der Waals surface area contributed by atoms with Gasteiger partial charge in [-0.05, 0) is 82.5 Å². The molecule has 0 radical (unpaired) electrons. The number of halogens is 2. The van der Waals surface area contributed by atoms with Gasteiger partial charge in [-0.2, -0.15) is 0 Å². The second kappa shape index (κ2) is 8.11. The minimum absolute atomic E-state index is 0.571. The van der Waals surface area contributed by atoms with Gasteiger partial charge in [0.05, 0.1) is 0 Å². The fourth-order valence-corrected chi connectivity index (χ4v) is 4.79. The molecule has 22 heavy (non-hydrogen) atoms. The Hall–Kier alpha value is -0.140. The summed E-state index contributed by atoms with van der Waals surface area (Å²) in [5.74, 6) is 1.34. The lowest BCUT2D eigenvalue weighted by atomic mass is 9.72. The van der Waals surface area contributed by atoms with Crippen LogP contribution in [0.5, 0.6) is 0 Å². The summed E-state index contributed by atoms with van der Waals surface area (Å²) in [7, 11) is 0. The normalized spacial score (nSPS) is 39.8. The minimum Gasteiger partial charge on any atom is -0.244 e. The molecule has 0 aromatic carbocycles. The molecule has 0 N–H and O–H groups in total. The highest BCUT2D eigenvalue weighted by Gasteiger charge is 2.38. The van der Waals surface area contributed by atoms with Gasteiger partial charge in [0.15, 0.2) is 0 Å². The summed E-state index contributed by atoms with van der Waals surface area (Å²) >= 11 is 0. The van der Waals surface area contributed by atoms with Crippen LogP contribution in [0.1, 0.15) is 104 Å². The first kappa shape index (κ1) is 18.2. The van der Waals surface area contributed by atoms with Crippen LogP contribution in [0.3, 0.4) is 0 Å². The van der Waals surface area contributed by atoms with E-state index in [-0.39, 0.29) is 0 Å². The molecule has 130 valence electrons. The van der Waals surface area contributed by atoms with Gasteiger partial charge in [-0.25, -0.2) is 8.78 Å². The van der Waals surface area contributed by atoms with Gasteiger partial charge in [-0.3, -0.25) is 0 Å². The van der Waals surface area contributed by atoms with Crippen LogP contribution in [-0.2, 0) is 0 Å². The van der Waals surface area contributed by atoms with Crippen molar-refractivity contribution in [2.24, 2.45) is 11.8 Å². The summed E-state index contributed by atoms with van der Waals surface area (Å²) in [5, 5.41) is 0. The SMILES string of the molecule is CCCC1CCC(F)(CCC2CCC(F)(CCC)CC2)CC1. The van der Waals surface area contributed by atoms with Crippen LogP contribution < -0.4 is 0 Å². The molecule has 2 aliphatic carbocycles. The monoisotopic (exact) mass is 314 g/mol. The zero-order valence-electron chi connectivity index (χ0n) is 14.8. The third kappa shape index (κ3) is 5.20. The quantitative estimate of drug-likeness (QED) is 0.467. The average molecular weight is 315 g/mol. The van der Waals surface area contributed by atoms with E-state index in [1.807, 2.05) is 0 Å². The molecular formula is C20H36F2. The molecule has 2 aliphatic rings. The molecule has 0 unspecified atom stereocenters. The molecule has 0 atom stereocenters. The smallest absolute Gasteiger partial charge is 0.111 e. The fraction of sp³-hybridized carbons (Fsp3) is 1.00. The van der Waals surface area contributed by atoms with Crippen LogP contribution in [0.25, 0.3) is 0 Å². The highest BCUT2D eigenvalue weighted by molar-refractivity contribution is 4.89. The Morgan fingerprint density at radius 2 is 1.14 bits per heavy atom. The Labute approximate surface area is 136 Å². The molecular weight excluding hydrogens is 278 g/mol. The minimum atomic E-state index is -0.906. The molecule has 0 aliphatic heterocycles. The molecule has 0 nitrogen and oxygen atoms in total. The van der Waals surface area contributed by atoms with E-state index in [4.69, 9.17) is 0 Å². The van der Waals surface area contributed by atoms with Gasteiger partial charge in [-0.1, -0.05) is 33.1 Å². The first-order valence-corrected chi connectivity index (χ1v) is 9.86. The van der Waals surface area contributed by atoms with Crippen molar-refractivity contribution in [2.45, 2.75) is 115 Å². The van der Waals surface area contributed by atoms with Crippen molar-refractivity contribution in [3.05, 3.63) is 0 Å². The van der Waals surface area contributed by atoms with E-state index in [2.05, 4.69) is 13.8 Å². The molecule has 2 heteroatoms. The summed E-state index contributed by atoms with van der Waals surface area (Å²) in [4.78, 5) is 0. The fourth-order valence-electron chi connectivity index (χ4n) is 4.79. The molecule has 2 rings (SSSR count). The third-order valence-corrected chi connectivity index (χ3v) is 6.40. The van der Waals surface area contributed by atoms with Crippen molar-refractivity contribution < 1.29 is 8.78 Å². The summed E-state index contributed by atoms with van der Waals surface area (Å²) in [6.45, 7) is 4.29. The molecule has 0 spiro atoms. The van der Waals surface area contributed by atoms with Crippen LogP contribution in [0, 0.1) is 11.8 Å². The van der Waals surface area contributed by atoms with E-state index in [1.165, 1.54) is 12.8 Å². The van der Waals surface area contributed by atoms with Crippen molar-refractivity contribution in [1.29, 1.82) is 0 Å². The molecule has 0 aromatic heterocycles. The maximum absolute atomic E-state index is 14.9. The van der Waals surface area contributed by atoms with Crippen molar-refractivity contribution in [2.75, 3.05) is 0 Å².